The van der Waals surface area contributed by atoms with Crippen molar-refractivity contribution >= 4 is 29.0 Å². The average Bonchev–Trinajstić information content (AvgIpc) is 2.55. The summed E-state index contributed by atoms with van der Waals surface area (Å²) in [5, 5.41) is 3.42. The molecule has 0 bridgehead atoms. The summed E-state index contributed by atoms with van der Waals surface area (Å²) in [6.45, 7) is 2.52. The Morgan fingerprint density at radius 3 is 2.48 bits per heavy atom. The molecule has 1 aliphatic rings. The van der Waals surface area contributed by atoms with Gasteiger partial charge in [-0.2, -0.15) is 0 Å². The van der Waals surface area contributed by atoms with E-state index in [0.717, 1.165) is 5.69 Å². The van der Waals surface area contributed by atoms with Gasteiger partial charge in [0, 0.05) is 42.6 Å². The molecule has 0 spiro atoms. The highest BCUT2D eigenvalue weighted by atomic mass is 35.5. The van der Waals surface area contributed by atoms with E-state index in [1.807, 2.05) is 6.07 Å². The number of anilines is 2. The molecule has 1 saturated heterocycles. The molecule has 2 amide bonds. The lowest BCUT2D eigenvalue weighted by Gasteiger charge is -2.36. The molecule has 0 saturated carbocycles. The van der Waals surface area contributed by atoms with E-state index in [2.05, 4.69) is 10.2 Å². The van der Waals surface area contributed by atoms with Crippen molar-refractivity contribution in [2.75, 3.05) is 36.4 Å². The first-order valence-electron chi connectivity index (χ1n) is 7.44. The van der Waals surface area contributed by atoms with Crippen LogP contribution in [-0.4, -0.2) is 37.1 Å². The number of benzene rings is 2. The first-order chi connectivity index (χ1) is 11.1. The van der Waals surface area contributed by atoms with Gasteiger partial charge in [0.15, 0.2) is 0 Å². The van der Waals surface area contributed by atoms with Crippen LogP contribution in [0.1, 0.15) is 0 Å². The third-order valence-corrected chi connectivity index (χ3v) is 4.05. The highest BCUT2D eigenvalue weighted by molar-refractivity contribution is 6.30. The van der Waals surface area contributed by atoms with Gasteiger partial charge in [-0.25, -0.2) is 9.18 Å². The summed E-state index contributed by atoms with van der Waals surface area (Å²) < 4.78 is 13.3. The number of carbonyl (C=O) groups is 1. The van der Waals surface area contributed by atoms with Gasteiger partial charge in [-0.05, 0) is 36.4 Å². The number of nitrogens with one attached hydrogen (secondary N) is 1. The average molecular weight is 334 g/mol. The van der Waals surface area contributed by atoms with Crippen LogP contribution in [-0.2, 0) is 0 Å². The molecule has 0 radical (unpaired) electrons. The molecule has 0 atom stereocenters. The minimum absolute atomic E-state index is 0.147. The number of halogens is 2. The molecular weight excluding hydrogens is 317 g/mol. The lowest BCUT2D eigenvalue weighted by molar-refractivity contribution is 0.208. The molecule has 1 aliphatic heterocycles. The Morgan fingerprint density at radius 2 is 1.78 bits per heavy atom. The van der Waals surface area contributed by atoms with E-state index in [0.29, 0.717) is 36.9 Å². The van der Waals surface area contributed by atoms with Gasteiger partial charge in [-0.3, -0.25) is 0 Å². The van der Waals surface area contributed by atoms with Crippen molar-refractivity contribution in [2.24, 2.45) is 0 Å². The number of amides is 2. The van der Waals surface area contributed by atoms with E-state index in [1.54, 1.807) is 35.2 Å². The summed E-state index contributed by atoms with van der Waals surface area (Å²) in [6.07, 6.45) is 0. The SMILES string of the molecule is O=C(Nc1cccc(Cl)c1)N1CCN(c2cccc(F)c2)CC1. The summed E-state index contributed by atoms with van der Waals surface area (Å²) in [4.78, 5) is 16.1. The number of rotatable bonds is 2. The smallest absolute Gasteiger partial charge is 0.321 e. The van der Waals surface area contributed by atoms with Gasteiger partial charge in [0.25, 0.3) is 0 Å². The number of hydrogen-bond acceptors (Lipinski definition) is 2. The van der Waals surface area contributed by atoms with E-state index in [4.69, 9.17) is 11.6 Å². The topological polar surface area (TPSA) is 35.6 Å². The third-order valence-electron chi connectivity index (χ3n) is 3.82. The molecule has 1 heterocycles. The molecule has 1 N–H and O–H groups in total. The zero-order chi connectivity index (χ0) is 16.2. The van der Waals surface area contributed by atoms with E-state index in [-0.39, 0.29) is 11.8 Å². The van der Waals surface area contributed by atoms with Gasteiger partial charge < -0.3 is 15.1 Å². The van der Waals surface area contributed by atoms with Gasteiger partial charge in [0.2, 0.25) is 0 Å². The number of carbonyl (C=O) groups excluding carboxylic acids is 1. The van der Waals surface area contributed by atoms with Crippen molar-refractivity contribution in [3.63, 3.8) is 0 Å². The molecule has 0 unspecified atom stereocenters. The second-order valence-electron chi connectivity index (χ2n) is 5.39. The normalized spacial score (nSPS) is 14.7. The molecule has 2 aromatic carbocycles. The van der Waals surface area contributed by atoms with Crippen molar-refractivity contribution in [2.45, 2.75) is 0 Å². The number of hydrogen-bond donors (Lipinski definition) is 1. The summed E-state index contributed by atoms with van der Waals surface area (Å²) in [5.41, 5.74) is 1.52. The molecule has 6 heteroatoms. The van der Waals surface area contributed by atoms with Crippen molar-refractivity contribution < 1.29 is 9.18 Å². The summed E-state index contributed by atoms with van der Waals surface area (Å²) >= 11 is 5.91. The second kappa shape index (κ2) is 6.87. The fraction of sp³-hybridized carbons (Fsp3) is 0.235. The Labute approximate surface area is 139 Å². The molecule has 0 aromatic heterocycles. The maximum Gasteiger partial charge on any atom is 0.321 e. The Bertz CT molecular complexity index is 702. The van der Waals surface area contributed by atoms with E-state index in [9.17, 15) is 9.18 Å². The van der Waals surface area contributed by atoms with Gasteiger partial charge in [0.05, 0.1) is 0 Å². The summed E-state index contributed by atoms with van der Waals surface area (Å²) in [7, 11) is 0. The number of nitrogens with zero attached hydrogens (tertiary/aromatic N) is 2. The molecule has 1 fully saturated rings. The quantitative estimate of drug-likeness (QED) is 0.906. The van der Waals surface area contributed by atoms with Crippen LogP contribution in [0.4, 0.5) is 20.6 Å². The first-order valence-corrected chi connectivity index (χ1v) is 7.81. The van der Waals surface area contributed by atoms with E-state index < -0.39 is 0 Å². The van der Waals surface area contributed by atoms with E-state index >= 15 is 0 Å². The maximum absolute atomic E-state index is 13.3. The highest BCUT2D eigenvalue weighted by Gasteiger charge is 2.21. The van der Waals surface area contributed by atoms with Crippen LogP contribution >= 0.6 is 11.6 Å². The van der Waals surface area contributed by atoms with Crippen LogP contribution < -0.4 is 10.2 Å². The van der Waals surface area contributed by atoms with Crippen LogP contribution in [0.25, 0.3) is 0 Å². The minimum Gasteiger partial charge on any atom is -0.368 e. The monoisotopic (exact) mass is 333 g/mol. The summed E-state index contributed by atoms with van der Waals surface area (Å²) in [6, 6.07) is 13.4. The first kappa shape index (κ1) is 15.6. The van der Waals surface area contributed by atoms with Gasteiger partial charge in [-0.15, -0.1) is 0 Å². The van der Waals surface area contributed by atoms with Crippen molar-refractivity contribution in [1.82, 2.24) is 4.90 Å². The molecular formula is C17H17ClFN3O. The van der Waals surface area contributed by atoms with Crippen LogP contribution in [0.5, 0.6) is 0 Å². The lowest BCUT2D eigenvalue weighted by atomic mass is 10.2. The molecule has 4 nitrogen and oxygen atoms in total. The van der Waals surface area contributed by atoms with E-state index in [1.165, 1.54) is 12.1 Å². The second-order valence-corrected chi connectivity index (χ2v) is 5.83. The highest BCUT2D eigenvalue weighted by Crippen LogP contribution is 2.19. The zero-order valence-electron chi connectivity index (χ0n) is 12.5. The Morgan fingerprint density at radius 1 is 1.04 bits per heavy atom. The Balaban J connectivity index is 1.57. The number of urea groups is 1. The molecule has 2 aromatic rings. The fourth-order valence-electron chi connectivity index (χ4n) is 2.61. The van der Waals surface area contributed by atoms with Crippen molar-refractivity contribution in [1.29, 1.82) is 0 Å². The minimum atomic E-state index is -0.247. The van der Waals surface area contributed by atoms with Crippen LogP contribution in [0.2, 0.25) is 5.02 Å². The van der Waals surface area contributed by atoms with Crippen molar-refractivity contribution in [3.8, 4) is 0 Å². The largest absolute Gasteiger partial charge is 0.368 e. The zero-order valence-corrected chi connectivity index (χ0v) is 13.3. The van der Waals surface area contributed by atoms with Gasteiger partial charge in [-0.1, -0.05) is 23.7 Å². The Hall–Kier alpha value is -2.27. The molecule has 0 aliphatic carbocycles. The standard InChI is InChI=1S/C17H17ClFN3O/c18-13-3-1-5-15(11-13)20-17(23)22-9-7-21(8-10-22)16-6-2-4-14(19)12-16/h1-6,11-12H,7-10H2,(H,20,23). The lowest BCUT2D eigenvalue weighted by Crippen LogP contribution is -2.50. The third kappa shape index (κ3) is 3.93. The fourth-order valence-corrected chi connectivity index (χ4v) is 2.80. The number of piperazine rings is 1. The van der Waals surface area contributed by atoms with Crippen LogP contribution in [0.3, 0.4) is 0 Å². The van der Waals surface area contributed by atoms with Crippen molar-refractivity contribution in [3.05, 3.63) is 59.4 Å². The van der Waals surface area contributed by atoms with Crippen LogP contribution in [0.15, 0.2) is 48.5 Å². The Kier molecular flexibility index (Phi) is 4.67. The maximum atomic E-state index is 13.3. The predicted molar refractivity (Wildman–Crippen MR) is 90.7 cm³/mol. The van der Waals surface area contributed by atoms with Crippen LogP contribution in [0, 0.1) is 5.82 Å². The van der Waals surface area contributed by atoms with Gasteiger partial charge >= 0.3 is 6.03 Å². The molecule has 120 valence electrons. The summed E-state index contributed by atoms with van der Waals surface area (Å²) in [5.74, 6) is -0.247. The van der Waals surface area contributed by atoms with Gasteiger partial charge in [0.1, 0.15) is 5.82 Å². The molecule has 23 heavy (non-hydrogen) atoms. The molecule has 3 rings (SSSR count). The predicted octanol–water partition coefficient (Wildman–Crippen LogP) is 3.83.